The lowest BCUT2D eigenvalue weighted by Gasteiger charge is -2.15. The number of carbonyl (C=O) groups excluding carboxylic acids is 2. The normalized spacial score (nSPS) is 11.7. The zero-order valence-electron chi connectivity index (χ0n) is 19.8. The van der Waals surface area contributed by atoms with Crippen LogP contribution in [0.2, 0.25) is 0 Å². The molecule has 0 fully saturated rings. The van der Waals surface area contributed by atoms with Crippen molar-refractivity contribution in [1.29, 1.82) is 0 Å². The minimum absolute atomic E-state index is 0.00714. The van der Waals surface area contributed by atoms with Crippen molar-refractivity contribution >= 4 is 28.6 Å². The number of esters is 1. The highest BCUT2D eigenvalue weighted by Gasteiger charge is 2.20. The van der Waals surface area contributed by atoms with E-state index in [-0.39, 0.29) is 40.8 Å². The second-order valence-electron chi connectivity index (χ2n) is 8.18. The molecule has 3 aromatic heterocycles. The first-order chi connectivity index (χ1) is 18.0. The molecule has 3 heterocycles. The number of pyridine rings is 2. The maximum Gasteiger partial charge on any atom is 0.341 e. The third-order valence-electron chi connectivity index (χ3n) is 5.75. The van der Waals surface area contributed by atoms with Gasteiger partial charge in [0.25, 0.3) is 11.5 Å². The zero-order chi connectivity index (χ0) is 25.9. The average Bonchev–Trinajstić information content (AvgIpc) is 2.91. The van der Waals surface area contributed by atoms with Crippen LogP contribution < -0.4 is 11.0 Å². The van der Waals surface area contributed by atoms with Crippen LogP contribution in [-0.2, 0) is 11.3 Å². The predicted molar refractivity (Wildman–Crippen MR) is 135 cm³/mol. The van der Waals surface area contributed by atoms with Crippen molar-refractivity contribution in [1.82, 2.24) is 14.0 Å². The summed E-state index contributed by atoms with van der Waals surface area (Å²) < 4.78 is 22.0. The molecule has 0 spiro atoms. The summed E-state index contributed by atoms with van der Waals surface area (Å²) in [5.41, 5.74) is 0.927. The van der Waals surface area contributed by atoms with Gasteiger partial charge < -0.3 is 9.30 Å². The smallest absolute Gasteiger partial charge is 0.341 e. The van der Waals surface area contributed by atoms with Crippen molar-refractivity contribution in [2.45, 2.75) is 13.5 Å². The first-order valence-electron chi connectivity index (χ1n) is 11.6. The molecule has 37 heavy (non-hydrogen) atoms. The highest BCUT2D eigenvalue weighted by molar-refractivity contribution is 5.97. The number of fused-ring (bicyclic) bond motifs is 2. The van der Waals surface area contributed by atoms with Gasteiger partial charge in [-0.1, -0.05) is 42.5 Å². The highest BCUT2D eigenvalue weighted by Crippen LogP contribution is 2.14. The molecule has 0 bridgehead atoms. The van der Waals surface area contributed by atoms with Crippen molar-refractivity contribution in [3.05, 3.63) is 123 Å². The standard InChI is InChI=1S/C28H21FN4O4/c1-2-37-28(36)22-16-21-24(30-23-13-6-7-14-32(23)27(21)35)33(17-18-9-4-3-5-10-18)25(22)31-26(34)19-11-8-12-20(29)15-19/h3-16H,2,17H2,1H3. The molecule has 0 unspecified atom stereocenters. The zero-order valence-corrected chi connectivity index (χ0v) is 19.8. The summed E-state index contributed by atoms with van der Waals surface area (Å²) in [5.74, 6) is -2.11. The molecule has 0 aliphatic heterocycles. The Bertz CT molecular complexity index is 1790. The monoisotopic (exact) mass is 496 g/mol. The van der Waals surface area contributed by atoms with Gasteiger partial charge in [0.05, 0.1) is 18.5 Å². The van der Waals surface area contributed by atoms with Crippen LogP contribution in [-0.4, -0.2) is 32.4 Å². The molecule has 5 rings (SSSR count). The second kappa shape index (κ2) is 9.98. The number of aromatic nitrogens is 3. The Hall–Kier alpha value is -4.92. The van der Waals surface area contributed by atoms with E-state index in [1.807, 2.05) is 30.3 Å². The predicted octanol–water partition coefficient (Wildman–Crippen LogP) is 3.75. The fourth-order valence-electron chi connectivity index (χ4n) is 4.06. The number of ether oxygens (including phenoxy) is 1. The summed E-state index contributed by atoms with van der Waals surface area (Å²) in [6.45, 7) is 1.87. The number of nitrogens with zero attached hydrogens (tertiary/aromatic N) is 4. The molecule has 0 N–H and O–H groups in total. The number of hydrogen-bond acceptors (Lipinski definition) is 5. The summed E-state index contributed by atoms with van der Waals surface area (Å²) in [7, 11) is 0. The van der Waals surface area contributed by atoms with Crippen molar-refractivity contribution in [2.24, 2.45) is 4.99 Å². The number of halogens is 1. The van der Waals surface area contributed by atoms with E-state index in [2.05, 4.69) is 9.98 Å². The minimum atomic E-state index is -0.760. The largest absolute Gasteiger partial charge is 0.462 e. The van der Waals surface area contributed by atoms with E-state index in [1.54, 1.807) is 35.9 Å². The third kappa shape index (κ3) is 4.66. The number of hydrogen-bond donors (Lipinski definition) is 0. The SMILES string of the molecule is CCOC(=O)c1cc2c(=O)n3ccccc3nc2n(Cc2ccccc2)c1=NC(=O)c1cccc(F)c1. The van der Waals surface area contributed by atoms with E-state index < -0.39 is 23.3 Å². The molecule has 0 radical (unpaired) electrons. The Kier molecular flexibility index (Phi) is 6.42. The van der Waals surface area contributed by atoms with E-state index in [9.17, 15) is 18.8 Å². The Labute approximate surface area is 209 Å². The van der Waals surface area contributed by atoms with Crippen LogP contribution in [0.15, 0.2) is 94.8 Å². The lowest BCUT2D eigenvalue weighted by molar-refractivity contribution is 0.0523. The Balaban J connectivity index is 1.90. The van der Waals surface area contributed by atoms with Gasteiger partial charge in [0.2, 0.25) is 0 Å². The molecular formula is C28H21FN4O4. The van der Waals surface area contributed by atoms with Gasteiger partial charge in [0.1, 0.15) is 22.7 Å². The topological polar surface area (TPSA) is 95.0 Å². The Morgan fingerprint density at radius 1 is 1.00 bits per heavy atom. The molecule has 2 aromatic carbocycles. The van der Waals surface area contributed by atoms with Crippen LogP contribution in [0.25, 0.3) is 16.7 Å². The summed E-state index contributed by atoms with van der Waals surface area (Å²) >= 11 is 0. The van der Waals surface area contributed by atoms with Gasteiger partial charge in [-0.05, 0) is 48.9 Å². The first kappa shape index (κ1) is 23.8. The summed E-state index contributed by atoms with van der Waals surface area (Å²) in [5, 5.41) is 0.153. The van der Waals surface area contributed by atoms with Crippen LogP contribution >= 0.6 is 0 Å². The van der Waals surface area contributed by atoms with E-state index in [0.717, 1.165) is 11.6 Å². The fourth-order valence-corrected chi connectivity index (χ4v) is 4.06. The van der Waals surface area contributed by atoms with Crippen LogP contribution in [0, 0.1) is 5.82 Å². The maximum atomic E-state index is 13.8. The second-order valence-corrected chi connectivity index (χ2v) is 8.18. The molecule has 0 atom stereocenters. The summed E-state index contributed by atoms with van der Waals surface area (Å²) in [6, 6.07) is 20.9. The first-order valence-corrected chi connectivity index (χ1v) is 11.6. The number of carbonyl (C=O) groups is 2. The van der Waals surface area contributed by atoms with E-state index in [1.165, 1.54) is 28.7 Å². The van der Waals surface area contributed by atoms with Gasteiger partial charge in [-0.3, -0.25) is 14.0 Å². The van der Waals surface area contributed by atoms with Crippen molar-refractivity contribution in [3.8, 4) is 0 Å². The van der Waals surface area contributed by atoms with E-state index in [4.69, 9.17) is 4.74 Å². The van der Waals surface area contributed by atoms with Gasteiger partial charge in [-0.25, -0.2) is 14.2 Å². The number of rotatable bonds is 5. The van der Waals surface area contributed by atoms with Gasteiger partial charge in [0, 0.05) is 11.8 Å². The molecule has 1 amide bonds. The van der Waals surface area contributed by atoms with Gasteiger partial charge >= 0.3 is 5.97 Å². The minimum Gasteiger partial charge on any atom is -0.462 e. The lowest BCUT2D eigenvalue weighted by Crippen LogP contribution is -2.33. The molecule has 8 nitrogen and oxygen atoms in total. The molecule has 0 saturated carbocycles. The molecule has 9 heteroatoms. The van der Waals surface area contributed by atoms with Crippen LogP contribution in [0.5, 0.6) is 0 Å². The molecule has 184 valence electrons. The van der Waals surface area contributed by atoms with Crippen LogP contribution in [0.3, 0.4) is 0 Å². The number of amides is 1. The van der Waals surface area contributed by atoms with Crippen LogP contribution in [0.1, 0.15) is 33.2 Å². The number of benzene rings is 2. The highest BCUT2D eigenvalue weighted by atomic mass is 19.1. The van der Waals surface area contributed by atoms with Crippen LogP contribution in [0.4, 0.5) is 4.39 Å². The maximum absolute atomic E-state index is 13.8. The van der Waals surface area contributed by atoms with Gasteiger partial charge in [-0.2, -0.15) is 4.99 Å². The Morgan fingerprint density at radius 2 is 1.78 bits per heavy atom. The quantitative estimate of drug-likeness (QED) is 0.273. The molecule has 5 aromatic rings. The van der Waals surface area contributed by atoms with Crippen molar-refractivity contribution in [3.63, 3.8) is 0 Å². The van der Waals surface area contributed by atoms with Crippen molar-refractivity contribution in [2.75, 3.05) is 6.61 Å². The molecule has 0 aliphatic rings. The molecular weight excluding hydrogens is 475 g/mol. The lowest BCUT2D eigenvalue weighted by atomic mass is 10.1. The Morgan fingerprint density at radius 3 is 2.54 bits per heavy atom. The fraction of sp³-hybridized carbons (Fsp3) is 0.107. The van der Waals surface area contributed by atoms with Crippen molar-refractivity contribution < 1.29 is 18.7 Å². The van der Waals surface area contributed by atoms with E-state index in [0.29, 0.717) is 5.65 Å². The summed E-state index contributed by atoms with van der Waals surface area (Å²) in [4.78, 5) is 48.6. The van der Waals surface area contributed by atoms with E-state index >= 15 is 0 Å². The van der Waals surface area contributed by atoms with Gasteiger partial charge in [-0.15, -0.1) is 0 Å². The molecule has 0 saturated heterocycles. The molecule has 0 aliphatic carbocycles. The third-order valence-corrected chi connectivity index (χ3v) is 5.75. The van der Waals surface area contributed by atoms with Gasteiger partial charge in [0.15, 0.2) is 5.49 Å². The summed E-state index contributed by atoms with van der Waals surface area (Å²) in [6.07, 6.45) is 1.58. The average molecular weight is 496 g/mol.